The van der Waals surface area contributed by atoms with Crippen LogP contribution in [0.5, 0.6) is 5.75 Å². The van der Waals surface area contributed by atoms with Crippen molar-refractivity contribution in [3.63, 3.8) is 0 Å². The van der Waals surface area contributed by atoms with Crippen molar-refractivity contribution < 1.29 is 9.84 Å². The maximum Gasteiger partial charge on any atom is 0.138 e. The molecule has 0 aliphatic rings. The quantitative estimate of drug-likeness (QED) is 0.789. The summed E-state index contributed by atoms with van der Waals surface area (Å²) in [5.74, 6) is 0.505. The molecule has 3 nitrogen and oxygen atoms in total. The number of hydrogen-bond donors (Lipinski definition) is 2. The third-order valence-corrected chi connectivity index (χ3v) is 2.83. The van der Waals surface area contributed by atoms with Crippen molar-refractivity contribution in [3.05, 3.63) is 39.3 Å². The topological polar surface area (TPSA) is 41.5 Å². The molecule has 0 saturated carbocycles. The van der Waals surface area contributed by atoms with E-state index in [4.69, 9.17) is 27.9 Å². The molecule has 18 heavy (non-hydrogen) atoms. The first kappa shape index (κ1) is 15.8. The normalized spacial score (nSPS) is 12.2. The summed E-state index contributed by atoms with van der Waals surface area (Å²) in [7, 11) is 0. The molecule has 0 fully saturated rings. The highest BCUT2D eigenvalue weighted by Crippen LogP contribution is 2.27. The molecular weight excluding hydrogens is 341 g/mol. The molecular formula is C12H14BrCl2NO2. The molecule has 0 aliphatic heterocycles. The van der Waals surface area contributed by atoms with Gasteiger partial charge in [-0.3, -0.25) is 0 Å². The Hall–Kier alpha value is -0.260. The Kier molecular flexibility index (Phi) is 7.04. The van der Waals surface area contributed by atoms with Crippen LogP contribution in [-0.4, -0.2) is 30.9 Å². The summed E-state index contributed by atoms with van der Waals surface area (Å²) in [6.07, 6.45) is -0.622. The van der Waals surface area contributed by atoms with Gasteiger partial charge in [0.2, 0.25) is 0 Å². The van der Waals surface area contributed by atoms with Crippen LogP contribution >= 0.6 is 39.1 Å². The largest absolute Gasteiger partial charge is 0.489 e. The van der Waals surface area contributed by atoms with Crippen molar-refractivity contribution in [3.8, 4) is 5.75 Å². The first-order valence-electron chi connectivity index (χ1n) is 5.29. The number of aliphatic hydroxyl groups is 1. The lowest BCUT2D eigenvalue weighted by Crippen LogP contribution is -2.32. The van der Waals surface area contributed by atoms with E-state index in [1.807, 2.05) is 0 Å². The molecule has 1 unspecified atom stereocenters. The maximum absolute atomic E-state index is 9.67. The average molecular weight is 355 g/mol. The SMILES string of the molecule is C=C(Br)CNCC(O)COc1ccc(Cl)cc1Cl. The van der Waals surface area contributed by atoms with Gasteiger partial charge in [-0.2, -0.15) is 0 Å². The van der Waals surface area contributed by atoms with Gasteiger partial charge in [0, 0.05) is 22.6 Å². The molecule has 1 atom stereocenters. The van der Waals surface area contributed by atoms with Crippen LogP contribution in [0.25, 0.3) is 0 Å². The van der Waals surface area contributed by atoms with E-state index in [1.165, 1.54) is 0 Å². The van der Waals surface area contributed by atoms with Crippen LogP contribution in [0.4, 0.5) is 0 Å². The van der Waals surface area contributed by atoms with Gasteiger partial charge in [0.15, 0.2) is 0 Å². The summed E-state index contributed by atoms with van der Waals surface area (Å²) in [5, 5.41) is 13.7. The summed E-state index contributed by atoms with van der Waals surface area (Å²) in [5.41, 5.74) is 0. The number of halogens is 3. The monoisotopic (exact) mass is 353 g/mol. The van der Waals surface area contributed by atoms with Gasteiger partial charge in [0.25, 0.3) is 0 Å². The Bertz CT molecular complexity index is 415. The first-order valence-corrected chi connectivity index (χ1v) is 6.84. The Balaban J connectivity index is 2.33. The van der Waals surface area contributed by atoms with Gasteiger partial charge < -0.3 is 15.2 Å². The fraction of sp³-hybridized carbons (Fsp3) is 0.333. The van der Waals surface area contributed by atoms with Crippen molar-refractivity contribution >= 4 is 39.1 Å². The molecule has 0 aromatic heterocycles. The van der Waals surface area contributed by atoms with E-state index >= 15 is 0 Å². The standard InChI is InChI=1S/C12H14BrCl2NO2/c1-8(13)5-16-6-10(17)7-18-12-3-2-9(14)4-11(12)15/h2-4,10,16-17H,1,5-7H2. The summed E-state index contributed by atoms with van der Waals surface area (Å²) in [6.45, 7) is 4.84. The molecule has 0 amide bonds. The van der Waals surface area contributed by atoms with Crippen LogP contribution in [-0.2, 0) is 0 Å². The summed E-state index contributed by atoms with van der Waals surface area (Å²) in [6, 6.07) is 4.95. The van der Waals surface area contributed by atoms with Gasteiger partial charge in [-0.15, -0.1) is 0 Å². The van der Waals surface area contributed by atoms with E-state index in [1.54, 1.807) is 18.2 Å². The van der Waals surface area contributed by atoms with Crippen molar-refractivity contribution in [1.82, 2.24) is 5.32 Å². The molecule has 6 heteroatoms. The van der Waals surface area contributed by atoms with Crippen molar-refractivity contribution in [2.45, 2.75) is 6.10 Å². The number of rotatable bonds is 7. The molecule has 0 radical (unpaired) electrons. The zero-order valence-corrected chi connectivity index (χ0v) is 12.7. The van der Waals surface area contributed by atoms with Crippen LogP contribution in [0.1, 0.15) is 0 Å². The van der Waals surface area contributed by atoms with Crippen molar-refractivity contribution in [2.75, 3.05) is 19.7 Å². The van der Waals surface area contributed by atoms with Gasteiger partial charge in [-0.25, -0.2) is 0 Å². The Morgan fingerprint density at radius 3 is 2.83 bits per heavy atom. The van der Waals surface area contributed by atoms with E-state index in [2.05, 4.69) is 27.8 Å². The van der Waals surface area contributed by atoms with Crippen LogP contribution in [0.3, 0.4) is 0 Å². The highest BCUT2D eigenvalue weighted by Gasteiger charge is 2.07. The third-order valence-electron chi connectivity index (χ3n) is 2.02. The highest BCUT2D eigenvalue weighted by atomic mass is 79.9. The van der Waals surface area contributed by atoms with Gasteiger partial charge in [-0.1, -0.05) is 45.7 Å². The number of ether oxygens (including phenoxy) is 1. The lowest BCUT2D eigenvalue weighted by atomic mass is 10.3. The smallest absolute Gasteiger partial charge is 0.138 e. The van der Waals surface area contributed by atoms with Crippen LogP contribution in [0.15, 0.2) is 29.3 Å². The Morgan fingerprint density at radius 1 is 1.50 bits per heavy atom. The molecule has 1 aromatic carbocycles. The molecule has 0 bridgehead atoms. The number of benzene rings is 1. The number of nitrogens with one attached hydrogen (secondary N) is 1. The van der Waals surface area contributed by atoms with Crippen molar-refractivity contribution in [2.24, 2.45) is 0 Å². The zero-order chi connectivity index (χ0) is 13.5. The van der Waals surface area contributed by atoms with Crippen LogP contribution < -0.4 is 10.1 Å². The molecule has 2 N–H and O–H groups in total. The van der Waals surface area contributed by atoms with Crippen LogP contribution in [0, 0.1) is 0 Å². The Labute approximate surface area is 125 Å². The minimum atomic E-state index is -0.622. The minimum Gasteiger partial charge on any atom is -0.489 e. The van der Waals surface area contributed by atoms with E-state index in [0.29, 0.717) is 28.9 Å². The number of aliphatic hydroxyl groups excluding tert-OH is 1. The average Bonchev–Trinajstić information content (AvgIpc) is 2.27. The van der Waals surface area contributed by atoms with E-state index in [-0.39, 0.29) is 6.61 Å². The third kappa shape index (κ3) is 6.07. The molecule has 0 saturated heterocycles. The highest BCUT2D eigenvalue weighted by molar-refractivity contribution is 9.11. The second-order valence-electron chi connectivity index (χ2n) is 3.69. The second-order valence-corrected chi connectivity index (χ2v) is 5.65. The molecule has 0 spiro atoms. The number of hydrogen-bond acceptors (Lipinski definition) is 3. The summed E-state index contributed by atoms with van der Waals surface area (Å²) < 4.78 is 6.23. The summed E-state index contributed by atoms with van der Waals surface area (Å²) in [4.78, 5) is 0. The Morgan fingerprint density at radius 2 is 2.22 bits per heavy atom. The van der Waals surface area contributed by atoms with Gasteiger partial charge in [0.05, 0.1) is 5.02 Å². The van der Waals surface area contributed by atoms with E-state index in [9.17, 15) is 5.11 Å². The van der Waals surface area contributed by atoms with Gasteiger partial charge in [0.1, 0.15) is 18.5 Å². The lowest BCUT2D eigenvalue weighted by Gasteiger charge is -2.14. The van der Waals surface area contributed by atoms with Gasteiger partial charge in [-0.05, 0) is 18.2 Å². The molecule has 100 valence electrons. The molecule has 1 aromatic rings. The van der Waals surface area contributed by atoms with E-state index in [0.717, 1.165) is 4.48 Å². The fourth-order valence-corrected chi connectivity index (χ4v) is 1.87. The van der Waals surface area contributed by atoms with E-state index < -0.39 is 6.10 Å². The minimum absolute atomic E-state index is 0.156. The molecule has 0 heterocycles. The zero-order valence-electron chi connectivity index (χ0n) is 9.63. The maximum atomic E-state index is 9.67. The predicted molar refractivity (Wildman–Crippen MR) is 78.9 cm³/mol. The van der Waals surface area contributed by atoms with Crippen molar-refractivity contribution in [1.29, 1.82) is 0 Å². The molecule has 1 rings (SSSR count). The van der Waals surface area contributed by atoms with Gasteiger partial charge >= 0.3 is 0 Å². The summed E-state index contributed by atoms with van der Waals surface area (Å²) >= 11 is 14.9. The second kappa shape index (κ2) is 8.02. The van der Waals surface area contributed by atoms with Crippen LogP contribution in [0.2, 0.25) is 10.0 Å². The predicted octanol–water partition coefficient (Wildman–Crippen LogP) is 3.23. The lowest BCUT2D eigenvalue weighted by molar-refractivity contribution is 0.107. The fourth-order valence-electron chi connectivity index (χ4n) is 1.21. The molecule has 0 aliphatic carbocycles. The first-order chi connectivity index (χ1) is 8.49.